The van der Waals surface area contributed by atoms with Gasteiger partial charge in [-0.1, -0.05) is 38.5 Å². The summed E-state index contributed by atoms with van der Waals surface area (Å²) in [6.45, 7) is 6.14. The van der Waals surface area contributed by atoms with Crippen LogP contribution in [0.1, 0.15) is 46.0 Å². The lowest BCUT2D eigenvalue weighted by atomic mass is 10.1. The van der Waals surface area contributed by atoms with E-state index in [1.807, 2.05) is 11.8 Å². The molecule has 0 aromatic rings. The molecule has 1 aliphatic carbocycles. The Morgan fingerprint density at radius 1 is 1.39 bits per heavy atom. The number of ether oxygens (including phenoxy) is 1. The van der Waals surface area contributed by atoms with Gasteiger partial charge in [-0.3, -0.25) is 4.99 Å². The highest BCUT2D eigenvalue weighted by Gasteiger charge is 2.20. The normalized spacial score (nSPS) is 27.3. The molecule has 1 unspecified atom stereocenters. The Kier molecular flexibility index (Phi) is 5.83. The minimum atomic E-state index is 0.517. The summed E-state index contributed by atoms with van der Waals surface area (Å²) >= 11 is 1.86. The van der Waals surface area contributed by atoms with E-state index in [0.717, 1.165) is 24.2 Å². The number of rotatable bonds is 6. The minimum absolute atomic E-state index is 0.517. The fourth-order valence-electron chi connectivity index (χ4n) is 2.65. The molecule has 0 aromatic heterocycles. The number of amidine groups is 1. The van der Waals surface area contributed by atoms with Crippen molar-refractivity contribution in [3.63, 3.8) is 0 Å². The van der Waals surface area contributed by atoms with Gasteiger partial charge >= 0.3 is 0 Å². The van der Waals surface area contributed by atoms with Gasteiger partial charge in [-0.15, -0.1) is 0 Å². The maximum atomic E-state index is 5.81. The first-order chi connectivity index (χ1) is 8.74. The summed E-state index contributed by atoms with van der Waals surface area (Å²) in [7, 11) is 0. The molecule has 2 fully saturated rings. The van der Waals surface area contributed by atoms with Crippen molar-refractivity contribution >= 4 is 16.9 Å². The molecule has 2 aliphatic rings. The summed E-state index contributed by atoms with van der Waals surface area (Å²) in [6, 6.07) is 0.615. The molecule has 0 amide bonds. The SMILES string of the molecule is CC(C)CC1CSC(=NCCOC2CCCC2)N1. The summed E-state index contributed by atoms with van der Waals surface area (Å²) in [6.07, 6.45) is 6.94. The Morgan fingerprint density at radius 3 is 2.89 bits per heavy atom. The Morgan fingerprint density at radius 2 is 2.17 bits per heavy atom. The molecule has 1 heterocycles. The summed E-state index contributed by atoms with van der Waals surface area (Å²) in [4.78, 5) is 4.59. The minimum Gasteiger partial charge on any atom is -0.376 e. The second-order valence-electron chi connectivity index (χ2n) is 5.75. The van der Waals surface area contributed by atoms with Gasteiger partial charge in [-0.2, -0.15) is 0 Å². The molecule has 2 rings (SSSR count). The average Bonchev–Trinajstić information content (AvgIpc) is 2.95. The Hall–Kier alpha value is -0.220. The van der Waals surface area contributed by atoms with Crippen molar-refractivity contribution in [3.8, 4) is 0 Å². The van der Waals surface area contributed by atoms with E-state index in [4.69, 9.17) is 4.74 Å². The number of nitrogens with zero attached hydrogens (tertiary/aromatic N) is 1. The van der Waals surface area contributed by atoms with Gasteiger partial charge in [-0.25, -0.2) is 0 Å². The molecule has 1 atom stereocenters. The molecule has 0 spiro atoms. The quantitative estimate of drug-likeness (QED) is 0.753. The van der Waals surface area contributed by atoms with Crippen LogP contribution >= 0.6 is 11.8 Å². The fourth-order valence-corrected chi connectivity index (χ4v) is 3.66. The molecule has 1 aliphatic heterocycles. The van der Waals surface area contributed by atoms with Crippen LogP contribution in [0.3, 0.4) is 0 Å². The van der Waals surface area contributed by atoms with E-state index in [9.17, 15) is 0 Å². The molecular weight excluding hydrogens is 244 g/mol. The van der Waals surface area contributed by atoms with Crippen LogP contribution < -0.4 is 5.32 Å². The molecule has 1 N–H and O–H groups in total. The van der Waals surface area contributed by atoms with Crippen molar-refractivity contribution < 1.29 is 4.74 Å². The van der Waals surface area contributed by atoms with Crippen LogP contribution in [0, 0.1) is 5.92 Å². The number of hydrogen-bond donors (Lipinski definition) is 1. The van der Waals surface area contributed by atoms with E-state index in [1.54, 1.807) is 0 Å². The van der Waals surface area contributed by atoms with Gasteiger partial charge in [0.15, 0.2) is 5.17 Å². The van der Waals surface area contributed by atoms with Crippen molar-refractivity contribution in [1.82, 2.24) is 5.32 Å². The zero-order chi connectivity index (χ0) is 12.8. The number of thioether (sulfide) groups is 1. The highest BCUT2D eigenvalue weighted by atomic mass is 32.2. The van der Waals surface area contributed by atoms with E-state index >= 15 is 0 Å². The van der Waals surface area contributed by atoms with E-state index in [1.165, 1.54) is 37.9 Å². The monoisotopic (exact) mass is 270 g/mol. The zero-order valence-electron chi connectivity index (χ0n) is 11.7. The average molecular weight is 270 g/mol. The fraction of sp³-hybridized carbons (Fsp3) is 0.929. The number of nitrogens with one attached hydrogen (secondary N) is 1. The largest absolute Gasteiger partial charge is 0.376 e. The summed E-state index contributed by atoms with van der Waals surface area (Å²) in [5.41, 5.74) is 0. The highest BCUT2D eigenvalue weighted by molar-refractivity contribution is 8.14. The second kappa shape index (κ2) is 7.39. The first-order valence-electron chi connectivity index (χ1n) is 7.29. The van der Waals surface area contributed by atoms with Crippen LogP contribution in [0.2, 0.25) is 0 Å². The molecule has 0 aromatic carbocycles. The maximum absolute atomic E-state index is 5.81. The van der Waals surface area contributed by atoms with Crippen molar-refractivity contribution in [2.45, 2.75) is 58.1 Å². The lowest BCUT2D eigenvalue weighted by molar-refractivity contribution is 0.0644. The highest BCUT2D eigenvalue weighted by Crippen LogP contribution is 2.21. The van der Waals surface area contributed by atoms with E-state index in [0.29, 0.717) is 12.1 Å². The molecule has 0 bridgehead atoms. The lowest BCUT2D eigenvalue weighted by Gasteiger charge is -2.12. The Balaban J connectivity index is 1.58. The topological polar surface area (TPSA) is 33.6 Å². The van der Waals surface area contributed by atoms with Crippen LogP contribution in [-0.2, 0) is 4.74 Å². The smallest absolute Gasteiger partial charge is 0.156 e. The van der Waals surface area contributed by atoms with Gasteiger partial charge in [0.2, 0.25) is 0 Å². The molecule has 18 heavy (non-hydrogen) atoms. The molecule has 4 heteroatoms. The van der Waals surface area contributed by atoms with Gasteiger partial charge in [0.25, 0.3) is 0 Å². The third-order valence-corrected chi connectivity index (χ3v) is 4.60. The van der Waals surface area contributed by atoms with Crippen LogP contribution in [-0.4, -0.2) is 36.2 Å². The standard InChI is InChI=1S/C14H26N2OS/c1-11(2)9-12-10-18-14(16-12)15-7-8-17-13-5-3-4-6-13/h11-13H,3-10H2,1-2H3,(H,15,16). The van der Waals surface area contributed by atoms with Crippen LogP contribution in [0.15, 0.2) is 4.99 Å². The van der Waals surface area contributed by atoms with E-state index in [2.05, 4.69) is 24.2 Å². The van der Waals surface area contributed by atoms with Crippen molar-refractivity contribution in [2.24, 2.45) is 10.9 Å². The lowest BCUT2D eigenvalue weighted by Crippen LogP contribution is -2.28. The predicted molar refractivity (Wildman–Crippen MR) is 79.3 cm³/mol. The van der Waals surface area contributed by atoms with E-state index < -0.39 is 0 Å². The molecule has 0 radical (unpaired) electrons. The predicted octanol–water partition coefficient (Wildman–Crippen LogP) is 3.05. The number of aliphatic imine (C=N–C) groups is 1. The Labute approximate surface area is 115 Å². The van der Waals surface area contributed by atoms with Gasteiger partial charge in [0.05, 0.1) is 19.3 Å². The first kappa shape index (κ1) is 14.2. The summed E-state index contributed by atoms with van der Waals surface area (Å²) in [5.74, 6) is 1.92. The van der Waals surface area contributed by atoms with Crippen molar-refractivity contribution in [1.29, 1.82) is 0 Å². The van der Waals surface area contributed by atoms with Gasteiger partial charge < -0.3 is 10.1 Å². The van der Waals surface area contributed by atoms with Crippen molar-refractivity contribution in [3.05, 3.63) is 0 Å². The van der Waals surface area contributed by atoms with Crippen LogP contribution in [0.5, 0.6) is 0 Å². The van der Waals surface area contributed by atoms with Gasteiger partial charge in [-0.05, 0) is 25.2 Å². The van der Waals surface area contributed by atoms with Crippen LogP contribution in [0.25, 0.3) is 0 Å². The van der Waals surface area contributed by atoms with Crippen molar-refractivity contribution in [2.75, 3.05) is 18.9 Å². The maximum Gasteiger partial charge on any atom is 0.156 e. The molecular formula is C14H26N2OS. The van der Waals surface area contributed by atoms with Crippen LogP contribution in [0.4, 0.5) is 0 Å². The molecule has 3 nitrogen and oxygen atoms in total. The molecule has 104 valence electrons. The van der Waals surface area contributed by atoms with Gasteiger partial charge in [0.1, 0.15) is 0 Å². The zero-order valence-corrected chi connectivity index (χ0v) is 12.5. The summed E-state index contributed by atoms with van der Waals surface area (Å²) < 4.78 is 5.81. The molecule has 1 saturated carbocycles. The molecule has 1 saturated heterocycles. The number of hydrogen-bond acceptors (Lipinski definition) is 3. The van der Waals surface area contributed by atoms with E-state index in [-0.39, 0.29) is 0 Å². The third kappa shape index (κ3) is 4.81. The Bertz CT molecular complexity index is 275. The summed E-state index contributed by atoms with van der Waals surface area (Å²) in [5, 5.41) is 4.63. The first-order valence-corrected chi connectivity index (χ1v) is 8.28. The third-order valence-electron chi connectivity index (χ3n) is 3.51. The second-order valence-corrected chi connectivity index (χ2v) is 6.75. The van der Waals surface area contributed by atoms with Gasteiger partial charge in [0, 0.05) is 11.8 Å².